The molecule has 90 valence electrons. The zero-order valence-corrected chi connectivity index (χ0v) is 11.6. The molecule has 0 radical (unpaired) electrons. The van der Waals surface area contributed by atoms with Gasteiger partial charge in [-0.05, 0) is 31.5 Å². The van der Waals surface area contributed by atoms with Crippen molar-refractivity contribution < 1.29 is 0 Å². The molecule has 0 unspecified atom stereocenters. The van der Waals surface area contributed by atoms with E-state index in [1.54, 1.807) is 6.07 Å². The predicted octanol–water partition coefficient (Wildman–Crippen LogP) is 4.26. The van der Waals surface area contributed by atoms with Crippen LogP contribution in [0.15, 0.2) is 18.2 Å². The molecule has 1 heterocycles. The molecule has 4 heteroatoms. The largest absolute Gasteiger partial charge is 0.267 e. The number of aromatic nitrogens is 2. The van der Waals surface area contributed by atoms with Gasteiger partial charge in [-0.2, -0.15) is 5.10 Å². The fourth-order valence-electron chi connectivity index (χ4n) is 2.14. The Hall–Kier alpha value is -0.990. The molecule has 0 bridgehead atoms. The number of hydrogen-bond acceptors (Lipinski definition) is 1. The zero-order valence-electron chi connectivity index (χ0n) is 10.1. The third-order valence-corrected chi connectivity index (χ3v) is 3.43. The summed E-state index contributed by atoms with van der Waals surface area (Å²) in [4.78, 5) is 0. The van der Waals surface area contributed by atoms with Crippen LogP contribution in [-0.4, -0.2) is 9.78 Å². The summed E-state index contributed by atoms with van der Waals surface area (Å²) in [5.74, 6) is 0. The summed E-state index contributed by atoms with van der Waals surface area (Å²) in [5, 5.41) is 5.76. The Morgan fingerprint density at radius 3 is 2.59 bits per heavy atom. The summed E-state index contributed by atoms with van der Waals surface area (Å²) < 4.78 is 1.88. The Labute approximate surface area is 111 Å². The minimum Gasteiger partial charge on any atom is -0.267 e. The van der Waals surface area contributed by atoms with Crippen LogP contribution in [0.25, 0.3) is 11.3 Å². The Morgan fingerprint density at radius 2 is 2.00 bits per heavy atom. The topological polar surface area (TPSA) is 17.8 Å². The number of rotatable bonds is 2. The van der Waals surface area contributed by atoms with E-state index in [0.717, 1.165) is 23.4 Å². The maximum atomic E-state index is 6.25. The Balaban J connectivity index is 2.67. The average molecular weight is 269 g/mol. The van der Waals surface area contributed by atoms with Crippen molar-refractivity contribution in [3.05, 3.63) is 39.5 Å². The second-order valence-corrected chi connectivity index (χ2v) is 4.86. The SMILES string of the molecule is CCc1c(C)nn(C)c1-c1ccc(Cl)cc1Cl. The van der Waals surface area contributed by atoms with Crippen molar-refractivity contribution in [3.8, 4) is 11.3 Å². The molecular weight excluding hydrogens is 255 g/mol. The molecule has 2 aromatic rings. The summed E-state index contributed by atoms with van der Waals surface area (Å²) in [6, 6.07) is 5.56. The lowest BCUT2D eigenvalue weighted by molar-refractivity contribution is 0.764. The normalized spacial score (nSPS) is 10.9. The van der Waals surface area contributed by atoms with Gasteiger partial charge in [0.25, 0.3) is 0 Å². The van der Waals surface area contributed by atoms with Gasteiger partial charge in [-0.3, -0.25) is 4.68 Å². The maximum absolute atomic E-state index is 6.25. The maximum Gasteiger partial charge on any atom is 0.0728 e. The number of hydrogen-bond donors (Lipinski definition) is 0. The van der Waals surface area contributed by atoms with Crippen molar-refractivity contribution in [1.82, 2.24) is 9.78 Å². The molecule has 0 amide bonds. The summed E-state index contributed by atoms with van der Waals surface area (Å²) in [5.41, 5.74) is 4.34. The minimum absolute atomic E-state index is 0.649. The molecule has 0 saturated carbocycles. The fourth-order valence-corrected chi connectivity index (χ4v) is 2.64. The highest BCUT2D eigenvalue weighted by molar-refractivity contribution is 6.36. The smallest absolute Gasteiger partial charge is 0.0728 e. The zero-order chi connectivity index (χ0) is 12.6. The van der Waals surface area contributed by atoms with E-state index in [1.165, 1.54) is 5.56 Å². The van der Waals surface area contributed by atoms with Crippen LogP contribution in [0.4, 0.5) is 0 Å². The van der Waals surface area contributed by atoms with Crippen molar-refractivity contribution >= 4 is 23.2 Å². The number of halogens is 2. The molecule has 2 nitrogen and oxygen atoms in total. The molecule has 0 N–H and O–H groups in total. The van der Waals surface area contributed by atoms with Crippen LogP contribution < -0.4 is 0 Å². The number of aryl methyl sites for hydroxylation is 2. The standard InChI is InChI=1S/C13H14Cl2N2/c1-4-10-8(2)16-17(3)13(10)11-6-5-9(14)7-12(11)15/h5-7H,4H2,1-3H3. The first-order valence-corrected chi connectivity index (χ1v) is 6.28. The van der Waals surface area contributed by atoms with Crippen LogP contribution in [0.5, 0.6) is 0 Å². The molecule has 0 atom stereocenters. The number of nitrogens with zero attached hydrogens (tertiary/aromatic N) is 2. The molecule has 0 aliphatic heterocycles. The van der Waals surface area contributed by atoms with Gasteiger partial charge in [0.2, 0.25) is 0 Å². The van der Waals surface area contributed by atoms with Crippen molar-refractivity contribution in [3.63, 3.8) is 0 Å². The lowest BCUT2D eigenvalue weighted by Crippen LogP contribution is -1.96. The second-order valence-electron chi connectivity index (χ2n) is 4.01. The summed E-state index contributed by atoms with van der Waals surface area (Å²) in [6.45, 7) is 4.14. The van der Waals surface area contributed by atoms with Crippen molar-refractivity contribution in [2.45, 2.75) is 20.3 Å². The monoisotopic (exact) mass is 268 g/mol. The summed E-state index contributed by atoms with van der Waals surface area (Å²) in [6.07, 6.45) is 0.938. The van der Waals surface area contributed by atoms with Crippen molar-refractivity contribution in [1.29, 1.82) is 0 Å². The lowest BCUT2D eigenvalue weighted by Gasteiger charge is -2.08. The second kappa shape index (κ2) is 4.71. The van der Waals surface area contributed by atoms with Crippen molar-refractivity contribution in [2.75, 3.05) is 0 Å². The van der Waals surface area contributed by atoms with Gasteiger partial charge in [-0.25, -0.2) is 0 Å². The molecule has 1 aromatic carbocycles. The summed E-state index contributed by atoms with van der Waals surface area (Å²) in [7, 11) is 1.94. The quantitative estimate of drug-likeness (QED) is 0.796. The van der Waals surface area contributed by atoms with Crippen LogP contribution in [0, 0.1) is 6.92 Å². The molecule has 0 spiro atoms. The third kappa shape index (κ3) is 2.20. The molecule has 0 aliphatic rings. The van der Waals surface area contributed by atoms with Gasteiger partial charge in [0, 0.05) is 23.2 Å². The van der Waals surface area contributed by atoms with Crippen LogP contribution in [0.2, 0.25) is 10.0 Å². The van der Waals surface area contributed by atoms with Gasteiger partial charge in [0.15, 0.2) is 0 Å². The molecule has 17 heavy (non-hydrogen) atoms. The molecule has 2 rings (SSSR count). The first kappa shape index (κ1) is 12.5. The highest BCUT2D eigenvalue weighted by Crippen LogP contribution is 2.33. The van der Waals surface area contributed by atoms with E-state index in [0.29, 0.717) is 10.0 Å². The molecule has 0 saturated heterocycles. The lowest BCUT2D eigenvalue weighted by atomic mass is 10.0. The first-order chi connectivity index (χ1) is 8.04. The minimum atomic E-state index is 0.649. The Bertz CT molecular complexity index is 559. The van der Waals surface area contributed by atoms with Crippen LogP contribution in [0.3, 0.4) is 0 Å². The van der Waals surface area contributed by atoms with Crippen molar-refractivity contribution in [2.24, 2.45) is 7.05 Å². The Morgan fingerprint density at radius 1 is 1.29 bits per heavy atom. The van der Waals surface area contributed by atoms with E-state index in [1.807, 2.05) is 30.8 Å². The third-order valence-electron chi connectivity index (χ3n) is 2.89. The van der Waals surface area contributed by atoms with E-state index in [9.17, 15) is 0 Å². The average Bonchev–Trinajstić information content (AvgIpc) is 2.53. The van der Waals surface area contributed by atoms with Gasteiger partial charge >= 0.3 is 0 Å². The molecular formula is C13H14Cl2N2. The fraction of sp³-hybridized carbons (Fsp3) is 0.308. The van der Waals surface area contributed by atoms with Gasteiger partial charge < -0.3 is 0 Å². The van der Waals surface area contributed by atoms with E-state index >= 15 is 0 Å². The van der Waals surface area contributed by atoms with Gasteiger partial charge in [0.1, 0.15) is 0 Å². The summed E-state index contributed by atoms with van der Waals surface area (Å²) >= 11 is 12.2. The first-order valence-electron chi connectivity index (χ1n) is 5.52. The Kier molecular flexibility index (Phi) is 3.45. The predicted molar refractivity (Wildman–Crippen MR) is 72.8 cm³/mol. The molecule has 0 aliphatic carbocycles. The van der Waals surface area contributed by atoms with Crippen LogP contribution in [0.1, 0.15) is 18.2 Å². The number of benzene rings is 1. The van der Waals surface area contributed by atoms with Gasteiger partial charge in [-0.1, -0.05) is 30.1 Å². The van der Waals surface area contributed by atoms with Gasteiger partial charge in [-0.15, -0.1) is 0 Å². The van der Waals surface area contributed by atoms with E-state index < -0.39 is 0 Å². The van der Waals surface area contributed by atoms with E-state index in [-0.39, 0.29) is 0 Å². The van der Waals surface area contributed by atoms with E-state index in [4.69, 9.17) is 23.2 Å². The molecule has 0 fully saturated rings. The van der Waals surface area contributed by atoms with Gasteiger partial charge in [0.05, 0.1) is 16.4 Å². The van der Waals surface area contributed by atoms with Crippen LogP contribution >= 0.6 is 23.2 Å². The highest BCUT2D eigenvalue weighted by Gasteiger charge is 2.15. The van der Waals surface area contributed by atoms with Crippen LogP contribution in [-0.2, 0) is 13.5 Å². The highest BCUT2D eigenvalue weighted by atomic mass is 35.5. The molecule has 1 aromatic heterocycles. The van der Waals surface area contributed by atoms with E-state index in [2.05, 4.69) is 12.0 Å².